The number of thiocarbonyl (C=S) groups is 1. The molecule has 1 aliphatic rings. The van der Waals surface area contributed by atoms with E-state index in [2.05, 4.69) is 44.1 Å². The van der Waals surface area contributed by atoms with Gasteiger partial charge in [0.1, 0.15) is 0 Å². The number of amides is 1. The van der Waals surface area contributed by atoms with Gasteiger partial charge < -0.3 is 15.5 Å². The number of aromatic nitrogens is 1. The van der Waals surface area contributed by atoms with Gasteiger partial charge in [0.05, 0.1) is 17.8 Å². The van der Waals surface area contributed by atoms with Crippen LogP contribution in [-0.4, -0.2) is 16.0 Å². The fourth-order valence-corrected chi connectivity index (χ4v) is 4.79. The number of carbonyl (C=O) groups excluding carboxylic acids is 1. The van der Waals surface area contributed by atoms with Crippen LogP contribution in [0.4, 0.5) is 11.4 Å². The number of carbonyl (C=O) groups is 1. The molecule has 3 aromatic rings. The lowest BCUT2D eigenvalue weighted by atomic mass is 10.0. The van der Waals surface area contributed by atoms with Crippen molar-refractivity contribution < 1.29 is 4.79 Å². The SMILES string of the molecule is Cc1cc(N2C(=S)NC(c3ccccn3)C2c2cccs2)ccc1NC(=O)C(C)C. The quantitative estimate of drug-likeness (QED) is 0.537. The molecule has 1 amide bonds. The lowest BCUT2D eigenvalue weighted by Crippen LogP contribution is -2.29. The molecule has 4 rings (SSSR count). The van der Waals surface area contributed by atoms with Crippen molar-refractivity contribution in [3.05, 3.63) is 76.2 Å². The summed E-state index contributed by atoms with van der Waals surface area (Å²) < 4.78 is 0. The fraction of sp³-hybridized carbons (Fsp3) is 0.261. The molecule has 0 bridgehead atoms. The summed E-state index contributed by atoms with van der Waals surface area (Å²) in [6.07, 6.45) is 1.81. The number of hydrogen-bond acceptors (Lipinski definition) is 4. The van der Waals surface area contributed by atoms with E-state index in [-0.39, 0.29) is 23.9 Å². The van der Waals surface area contributed by atoms with Gasteiger partial charge in [-0.1, -0.05) is 26.0 Å². The monoisotopic (exact) mass is 436 g/mol. The number of rotatable bonds is 5. The third kappa shape index (κ3) is 3.95. The third-order valence-electron chi connectivity index (χ3n) is 5.20. The van der Waals surface area contributed by atoms with Gasteiger partial charge in [-0.2, -0.15) is 0 Å². The highest BCUT2D eigenvalue weighted by molar-refractivity contribution is 7.80. The molecule has 5 nitrogen and oxygen atoms in total. The molecule has 0 aliphatic carbocycles. The van der Waals surface area contributed by atoms with E-state index in [4.69, 9.17) is 12.2 Å². The zero-order valence-corrected chi connectivity index (χ0v) is 18.8. The van der Waals surface area contributed by atoms with E-state index < -0.39 is 0 Å². The number of nitrogens with zero attached hydrogens (tertiary/aromatic N) is 2. The maximum atomic E-state index is 12.1. The standard InChI is InChI=1S/C23H24N4OS2/c1-14(2)22(28)25-17-10-9-16(13-15(17)3)27-21(19-8-6-12-30-19)20(26-23(27)29)18-7-4-5-11-24-18/h4-14,20-21H,1-3H3,(H,25,28)(H,26,29). The maximum absolute atomic E-state index is 12.1. The van der Waals surface area contributed by atoms with E-state index in [1.165, 1.54) is 4.88 Å². The van der Waals surface area contributed by atoms with Gasteiger partial charge in [0.15, 0.2) is 5.11 Å². The van der Waals surface area contributed by atoms with Gasteiger partial charge in [0, 0.05) is 28.4 Å². The van der Waals surface area contributed by atoms with Crippen molar-refractivity contribution in [1.29, 1.82) is 0 Å². The molecule has 2 N–H and O–H groups in total. The Hall–Kier alpha value is -2.77. The first-order valence-corrected chi connectivity index (χ1v) is 11.2. The van der Waals surface area contributed by atoms with Crippen LogP contribution in [0.2, 0.25) is 0 Å². The maximum Gasteiger partial charge on any atom is 0.226 e. The highest BCUT2D eigenvalue weighted by Gasteiger charge is 2.41. The summed E-state index contributed by atoms with van der Waals surface area (Å²) in [6, 6.07) is 16.1. The zero-order chi connectivity index (χ0) is 21.3. The molecule has 0 saturated carbocycles. The Bertz CT molecular complexity index is 1050. The van der Waals surface area contributed by atoms with E-state index in [0.717, 1.165) is 22.6 Å². The lowest BCUT2D eigenvalue weighted by Gasteiger charge is -2.27. The van der Waals surface area contributed by atoms with Gasteiger partial charge in [0.25, 0.3) is 0 Å². The summed E-state index contributed by atoms with van der Waals surface area (Å²) >= 11 is 7.46. The van der Waals surface area contributed by atoms with Gasteiger partial charge in [-0.3, -0.25) is 9.78 Å². The first-order chi connectivity index (χ1) is 14.5. The van der Waals surface area contributed by atoms with E-state index in [1.807, 2.05) is 57.3 Å². The van der Waals surface area contributed by atoms with Crippen molar-refractivity contribution >= 4 is 45.9 Å². The van der Waals surface area contributed by atoms with Crippen LogP contribution in [-0.2, 0) is 4.79 Å². The molecule has 1 fully saturated rings. The van der Waals surface area contributed by atoms with Crippen molar-refractivity contribution in [2.24, 2.45) is 5.92 Å². The van der Waals surface area contributed by atoms with Crippen LogP contribution < -0.4 is 15.5 Å². The van der Waals surface area contributed by atoms with Crippen molar-refractivity contribution in [1.82, 2.24) is 10.3 Å². The summed E-state index contributed by atoms with van der Waals surface area (Å²) in [7, 11) is 0. The van der Waals surface area contributed by atoms with Crippen LogP contribution in [0.1, 0.15) is 42.1 Å². The second kappa shape index (κ2) is 8.53. The molecule has 0 radical (unpaired) electrons. The molecule has 2 unspecified atom stereocenters. The largest absolute Gasteiger partial charge is 0.351 e. The second-order valence-corrected chi connectivity index (χ2v) is 9.02. The number of hydrogen-bond donors (Lipinski definition) is 2. The average molecular weight is 437 g/mol. The van der Waals surface area contributed by atoms with Gasteiger partial charge in [-0.25, -0.2) is 0 Å². The molecule has 2 aromatic heterocycles. The zero-order valence-electron chi connectivity index (χ0n) is 17.1. The number of aryl methyl sites for hydroxylation is 1. The Morgan fingerprint density at radius 3 is 2.70 bits per heavy atom. The molecule has 1 aromatic carbocycles. The Morgan fingerprint density at radius 2 is 2.07 bits per heavy atom. The van der Waals surface area contributed by atoms with E-state index >= 15 is 0 Å². The predicted molar refractivity (Wildman–Crippen MR) is 127 cm³/mol. The van der Waals surface area contributed by atoms with Crippen LogP contribution in [0.3, 0.4) is 0 Å². The minimum atomic E-state index is -0.0678. The highest BCUT2D eigenvalue weighted by atomic mass is 32.1. The fourth-order valence-electron chi connectivity index (χ4n) is 3.60. The van der Waals surface area contributed by atoms with E-state index in [9.17, 15) is 4.79 Å². The Balaban J connectivity index is 1.71. The number of benzene rings is 1. The number of pyridine rings is 1. The molecule has 7 heteroatoms. The molecule has 1 aliphatic heterocycles. The van der Waals surface area contributed by atoms with Crippen molar-refractivity contribution in [2.75, 3.05) is 10.2 Å². The number of thiophene rings is 1. The summed E-state index contributed by atoms with van der Waals surface area (Å²) in [5, 5.41) is 9.22. The summed E-state index contributed by atoms with van der Waals surface area (Å²) in [4.78, 5) is 20.0. The summed E-state index contributed by atoms with van der Waals surface area (Å²) in [5.74, 6) is -0.0577. The first kappa shape index (κ1) is 20.5. The third-order valence-corrected chi connectivity index (χ3v) is 6.46. The molecule has 0 spiro atoms. The number of anilines is 2. The minimum Gasteiger partial charge on any atom is -0.351 e. The summed E-state index contributed by atoms with van der Waals surface area (Å²) in [6.45, 7) is 5.77. The smallest absolute Gasteiger partial charge is 0.226 e. The van der Waals surface area contributed by atoms with Crippen molar-refractivity contribution in [3.8, 4) is 0 Å². The normalized spacial score (nSPS) is 18.5. The Labute approximate surface area is 186 Å². The minimum absolute atomic E-state index is 0.00269. The Morgan fingerprint density at radius 1 is 1.23 bits per heavy atom. The molecule has 30 heavy (non-hydrogen) atoms. The van der Waals surface area contributed by atoms with Crippen LogP contribution in [0.15, 0.2) is 60.1 Å². The van der Waals surface area contributed by atoms with Crippen molar-refractivity contribution in [2.45, 2.75) is 32.9 Å². The van der Waals surface area contributed by atoms with Crippen LogP contribution in [0.25, 0.3) is 0 Å². The second-order valence-electron chi connectivity index (χ2n) is 7.66. The van der Waals surface area contributed by atoms with E-state index in [0.29, 0.717) is 5.11 Å². The molecular formula is C23H24N4OS2. The molecule has 3 heterocycles. The van der Waals surface area contributed by atoms with Crippen LogP contribution in [0.5, 0.6) is 0 Å². The first-order valence-electron chi connectivity index (χ1n) is 9.91. The van der Waals surface area contributed by atoms with Gasteiger partial charge in [-0.15, -0.1) is 11.3 Å². The van der Waals surface area contributed by atoms with Gasteiger partial charge in [-0.05, 0) is 66.5 Å². The predicted octanol–water partition coefficient (Wildman–Crippen LogP) is 5.22. The number of nitrogens with one attached hydrogen (secondary N) is 2. The van der Waals surface area contributed by atoms with Crippen LogP contribution >= 0.6 is 23.6 Å². The van der Waals surface area contributed by atoms with E-state index in [1.54, 1.807) is 11.3 Å². The average Bonchev–Trinajstić information content (AvgIpc) is 3.37. The molecule has 1 saturated heterocycles. The topological polar surface area (TPSA) is 57.3 Å². The molecule has 2 atom stereocenters. The van der Waals surface area contributed by atoms with Gasteiger partial charge in [0.2, 0.25) is 5.91 Å². The lowest BCUT2D eigenvalue weighted by molar-refractivity contribution is -0.118. The highest BCUT2D eigenvalue weighted by Crippen LogP contribution is 2.43. The Kier molecular flexibility index (Phi) is 5.83. The molecule has 154 valence electrons. The molecular weight excluding hydrogens is 412 g/mol. The van der Waals surface area contributed by atoms with Gasteiger partial charge >= 0.3 is 0 Å². The van der Waals surface area contributed by atoms with Crippen molar-refractivity contribution in [3.63, 3.8) is 0 Å². The summed E-state index contributed by atoms with van der Waals surface area (Å²) in [5.41, 5.74) is 3.77. The van der Waals surface area contributed by atoms with Crippen LogP contribution in [0, 0.1) is 12.8 Å².